The highest BCUT2D eigenvalue weighted by atomic mass is 16.5. The van der Waals surface area contributed by atoms with Crippen molar-refractivity contribution in [2.75, 3.05) is 33.3 Å². The van der Waals surface area contributed by atoms with Crippen LogP contribution in [0.2, 0.25) is 0 Å². The molecule has 1 aromatic heterocycles. The van der Waals surface area contributed by atoms with Crippen LogP contribution in [0.4, 0.5) is 0 Å². The summed E-state index contributed by atoms with van der Waals surface area (Å²) in [6.45, 7) is 6.06. The molecule has 1 aliphatic heterocycles. The molecule has 0 aromatic carbocycles. The van der Waals surface area contributed by atoms with Crippen LogP contribution in [0.15, 0.2) is 10.6 Å². The molecule has 0 aliphatic carbocycles. The standard InChI is InChI=1S/C13H23N3O2/c1-17-11-13-9-12(15-18-13)10-14-5-4-8-16-6-2-3-7-16/h9,14H,2-8,10-11H2,1H3. The van der Waals surface area contributed by atoms with Gasteiger partial charge < -0.3 is 19.5 Å². The van der Waals surface area contributed by atoms with Gasteiger partial charge in [-0.1, -0.05) is 5.16 Å². The van der Waals surface area contributed by atoms with E-state index in [1.54, 1.807) is 7.11 Å². The summed E-state index contributed by atoms with van der Waals surface area (Å²) in [5.41, 5.74) is 0.947. The molecule has 2 heterocycles. The van der Waals surface area contributed by atoms with E-state index < -0.39 is 0 Å². The third kappa shape index (κ3) is 4.40. The molecule has 0 radical (unpaired) electrons. The first-order chi connectivity index (χ1) is 8.88. The Morgan fingerprint density at radius 1 is 1.44 bits per heavy atom. The van der Waals surface area contributed by atoms with Crippen molar-refractivity contribution < 1.29 is 9.26 Å². The minimum atomic E-state index is 0.488. The fourth-order valence-corrected chi connectivity index (χ4v) is 2.30. The van der Waals surface area contributed by atoms with Crippen molar-refractivity contribution in [3.05, 3.63) is 17.5 Å². The van der Waals surface area contributed by atoms with E-state index in [0.29, 0.717) is 6.61 Å². The van der Waals surface area contributed by atoms with Crippen molar-refractivity contribution in [2.45, 2.75) is 32.4 Å². The van der Waals surface area contributed by atoms with Crippen LogP contribution in [0.5, 0.6) is 0 Å². The van der Waals surface area contributed by atoms with Crippen molar-refractivity contribution in [3.63, 3.8) is 0 Å². The van der Waals surface area contributed by atoms with Crippen LogP contribution in [0.1, 0.15) is 30.7 Å². The van der Waals surface area contributed by atoms with Crippen molar-refractivity contribution in [3.8, 4) is 0 Å². The first kappa shape index (κ1) is 13.5. The second-order valence-electron chi connectivity index (χ2n) is 4.80. The van der Waals surface area contributed by atoms with E-state index in [4.69, 9.17) is 9.26 Å². The van der Waals surface area contributed by atoms with Crippen LogP contribution in [-0.4, -0.2) is 43.3 Å². The predicted molar refractivity (Wildman–Crippen MR) is 69.2 cm³/mol. The fraction of sp³-hybridized carbons (Fsp3) is 0.769. The van der Waals surface area contributed by atoms with Gasteiger partial charge in [-0.25, -0.2) is 0 Å². The van der Waals surface area contributed by atoms with E-state index in [1.807, 2.05) is 6.07 Å². The lowest BCUT2D eigenvalue weighted by Crippen LogP contribution is -2.24. The minimum absolute atomic E-state index is 0.488. The predicted octanol–water partition coefficient (Wildman–Crippen LogP) is 1.40. The summed E-state index contributed by atoms with van der Waals surface area (Å²) in [7, 11) is 1.65. The van der Waals surface area contributed by atoms with E-state index in [0.717, 1.165) is 24.5 Å². The maximum atomic E-state index is 5.12. The van der Waals surface area contributed by atoms with Gasteiger partial charge >= 0.3 is 0 Å². The first-order valence-corrected chi connectivity index (χ1v) is 6.75. The zero-order valence-corrected chi connectivity index (χ0v) is 11.2. The molecule has 2 rings (SSSR count). The van der Waals surface area contributed by atoms with Crippen LogP contribution in [0.3, 0.4) is 0 Å². The molecule has 0 atom stereocenters. The zero-order chi connectivity index (χ0) is 12.6. The summed E-state index contributed by atoms with van der Waals surface area (Å²) in [6.07, 6.45) is 3.94. The summed E-state index contributed by atoms with van der Waals surface area (Å²) in [6, 6.07) is 1.94. The lowest BCUT2D eigenvalue weighted by molar-refractivity contribution is 0.155. The third-order valence-electron chi connectivity index (χ3n) is 3.23. The number of aromatic nitrogens is 1. The molecule has 1 aliphatic rings. The lowest BCUT2D eigenvalue weighted by Gasteiger charge is -2.13. The number of methoxy groups -OCH3 is 1. The number of hydrogen-bond donors (Lipinski definition) is 1. The van der Waals surface area contributed by atoms with Gasteiger partial charge in [0.1, 0.15) is 6.61 Å². The Hall–Kier alpha value is -0.910. The van der Waals surface area contributed by atoms with Gasteiger partial charge in [0, 0.05) is 19.7 Å². The Balaban J connectivity index is 1.54. The molecule has 1 fully saturated rings. The Morgan fingerprint density at radius 2 is 2.28 bits per heavy atom. The summed E-state index contributed by atoms with van der Waals surface area (Å²) in [5.74, 6) is 0.784. The second-order valence-corrected chi connectivity index (χ2v) is 4.80. The van der Waals surface area contributed by atoms with Crippen molar-refractivity contribution >= 4 is 0 Å². The highest BCUT2D eigenvalue weighted by Gasteiger charge is 2.10. The first-order valence-electron chi connectivity index (χ1n) is 6.75. The van der Waals surface area contributed by atoms with Gasteiger partial charge in [-0.3, -0.25) is 0 Å². The summed E-state index contributed by atoms with van der Waals surface area (Å²) >= 11 is 0. The Labute approximate surface area is 108 Å². The normalized spacial score (nSPS) is 16.5. The van der Waals surface area contributed by atoms with Crippen LogP contribution in [0, 0.1) is 0 Å². The molecule has 0 saturated carbocycles. The average Bonchev–Trinajstić information content (AvgIpc) is 3.01. The molecule has 5 heteroatoms. The highest BCUT2D eigenvalue weighted by Crippen LogP contribution is 2.07. The molecular formula is C13H23N3O2. The van der Waals surface area contributed by atoms with E-state index in [2.05, 4.69) is 15.4 Å². The third-order valence-corrected chi connectivity index (χ3v) is 3.23. The second kappa shape index (κ2) is 7.51. The summed E-state index contributed by atoms with van der Waals surface area (Å²) < 4.78 is 10.1. The van der Waals surface area contributed by atoms with Crippen molar-refractivity contribution in [1.29, 1.82) is 0 Å². The van der Waals surface area contributed by atoms with E-state index in [9.17, 15) is 0 Å². The maximum Gasteiger partial charge on any atom is 0.162 e. The molecule has 1 aromatic rings. The van der Waals surface area contributed by atoms with E-state index in [-0.39, 0.29) is 0 Å². The maximum absolute atomic E-state index is 5.12. The number of hydrogen-bond acceptors (Lipinski definition) is 5. The number of likely N-dealkylation sites (tertiary alicyclic amines) is 1. The van der Waals surface area contributed by atoms with Gasteiger partial charge in [0.25, 0.3) is 0 Å². The van der Waals surface area contributed by atoms with Crippen LogP contribution in [-0.2, 0) is 17.9 Å². The van der Waals surface area contributed by atoms with Gasteiger partial charge in [0.05, 0.1) is 5.69 Å². The van der Waals surface area contributed by atoms with Crippen molar-refractivity contribution in [2.24, 2.45) is 0 Å². The molecule has 0 bridgehead atoms. The smallest absolute Gasteiger partial charge is 0.162 e. The van der Waals surface area contributed by atoms with Gasteiger partial charge in [-0.2, -0.15) is 0 Å². The molecule has 1 saturated heterocycles. The summed E-state index contributed by atoms with van der Waals surface area (Å²) in [4.78, 5) is 2.54. The van der Waals surface area contributed by atoms with Gasteiger partial charge in [-0.05, 0) is 45.4 Å². The fourth-order valence-electron chi connectivity index (χ4n) is 2.30. The van der Waals surface area contributed by atoms with E-state index in [1.165, 1.54) is 38.9 Å². The zero-order valence-electron chi connectivity index (χ0n) is 11.2. The molecule has 0 amide bonds. The van der Waals surface area contributed by atoms with Gasteiger partial charge in [0.15, 0.2) is 5.76 Å². The molecule has 102 valence electrons. The Morgan fingerprint density at radius 3 is 3.06 bits per heavy atom. The molecule has 0 spiro atoms. The van der Waals surface area contributed by atoms with Gasteiger partial charge in [-0.15, -0.1) is 0 Å². The van der Waals surface area contributed by atoms with Gasteiger partial charge in [0.2, 0.25) is 0 Å². The number of rotatable bonds is 8. The topological polar surface area (TPSA) is 50.5 Å². The molecule has 18 heavy (non-hydrogen) atoms. The molecular weight excluding hydrogens is 230 g/mol. The van der Waals surface area contributed by atoms with Crippen LogP contribution in [0.25, 0.3) is 0 Å². The SMILES string of the molecule is COCc1cc(CNCCCN2CCCC2)no1. The monoisotopic (exact) mass is 253 g/mol. The quantitative estimate of drug-likeness (QED) is 0.710. The Kier molecular flexibility index (Phi) is 5.64. The lowest BCUT2D eigenvalue weighted by atomic mass is 10.3. The number of nitrogens with zero attached hydrogens (tertiary/aromatic N) is 2. The highest BCUT2D eigenvalue weighted by molar-refractivity contribution is 5.04. The molecule has 0 unspecified atom stereocenters. The summed E-state index contributed by atoms with van der Waals surface area (Å²) in [5, 5.41) is 7.37. The number of nitrogens with one attached hydrogen (secondary N) is 1. The largest absolute Gasteiger partial charge is 0.377 e. The van der Waals surface area contributed by atoms with Crippen LogP contribution < -0.4 is 5.32 Å². The van der Waals surface area contributed by atoms with E-state index >= 15 is 0 Å². The van der Waals surface area contributed by atoms with Crippen molar-refractivity contribution in [1.82, 2.24) is 15.4 Å². The minimum Gasteiger partial charge on any atom is -0.377 e. The molecule has 1 N–H and O–H groups in total. The average molecular weight is 253 g/mol. The Bertz CT molecular complexity index is 335. The number of ether oxygens (including phenoxy) is 1. The van der Waals surface area contributed by atoms with Crippen LogP contribution >= 0.6 is 0 Å². The molecule has 5 nitrogen and oxygen atoms in total.